The number of nitrogens with zero attached hydrogens (tertiary/aromatic N) is 1. The molecule has 0 unspecified atom stereocenters. The number of hydrogen-bond acceptors (Lipinski definition) is 2. The first-order valence-electron chi connectivity index (χ1n) is 6.68. The Labute approximate surface area is 130 Å². The van der Waals surface area contributed by atoms with Gasteiger partial charge in [0.05, 0.1) is 13.1 Å². The second-order valence-corrected chi connectivity index (χ2v) is 5.80. The van der Waals surface area contributed by atoms with E-state index in [4.69, 9.17) is 0 Å². The van der Waals surface area contributed by atoms with E-state index < -0.39 is 0 Å². The minimum atomic E-state index is -0.296. The van der Waals surface area contributed by atoms with Gasteiger partial charge in [-0.05, 0) is 29.3 Å². The number of anilines is 1. The van der Waals surface area contributed by atoms with Crippen LogP contribution >= 0.6 is 15.9 Å². The average molecular weight is 349 g/mol. The first-order valence-corrected chi connectivity index (χ1v) is 7.47. The van der Waals surface area contributed by atoms with Crippen LogP contribution in [0.2, 0.25) is 0 Å². The van der Waals surface area contributed by atoms with Gasteiger partial charge in [0.1, 0.15) is 5.82 Å². The number of carbonyl (C=O) groups is 1. The molecule has 108 valence electrons. The highest BCUT2D eigenvalue weighted by Gasteiger charge is 2.22. The fraction of sp³-hybridized carbons (Fsp3) is 0.188. The van der Waals surface area contributed by atoms with E-state index in [0.29, 0.717) is 24.1 Å². The zero-order valence-corrected chi connectivity index (χ0v) is 12.9. The predicted molar refractivity (Wildman–Crippen MR) is 83.4 cm³/mol. The van der Waals surface area contributed by atoms with Crippen molar-refractivity contribution in [2.75, 3.05) is 11.4 Å². The van der Waals surface area contributed by atoms with Crippen molar-refractivity contribution >= 4 is 27.5 Å². The first-order chi connectivity index (χ1) is 10.1. The largest absolute Gasteiger partial charge is 0.307 e. The van der Waals surface area contributed by atoms with E-state index >= 15 is 0 Å². The van der Waals surface area contributed by atoms with Crippen molar-refractivity contribution in [3.63, 3.8) is 0 Å². The third-order valence-corrected chi connectivity index (χ3v) is 4.26. The van der Waals surface area contributed by atoms with Gasteiger partial charge in [-0.3, -0.25) is 4.79 Å². The summed E-state index contributed by atoms with van der Waals surface area (Å²) >= 11 is 3.36. The van der Waals surface area contributed by atoms with Crippen molar-refractivity contribution in [3.05, 3.63) is 63.9 Å². The second-order valence-electron chi connectivity index (χ2n) is 4.95. The molecular formula is C16H14BrFN2O. The van der Waals surface area contributed by atoms with Crippen molar-refractivity contribution in [1.29, 1.82) is 0 Å². The van der Waals surface area contributed by atoms with Crippen molar-refractivity contribution < 1.29 is 9.18 Å². The number of benzene rings is 2. The van der Waals surface area contributed by atoms with Crippen molar-refractivity contribution in [2.24, 2.45) is 0 Å². The van der Waals surface area contributed by atoms with Crippen LogP contribution in [0.5, 0.6) is 0 Å². The minimum Gasteiger partial charge on any atom is -0.307 e. The SMILES string of the molecule is O=C1CNCc2ccccc2N1Cc1ccc(F)cc1Br. The molecule has 2 aromatic rings. The molecule has 0 radical (unpaired) electrons. The zero-order valence-electron chi connectivity index (χ0n) is 11.3. The van der Waals surface area contributed by atoms with Gasteiger partial charge in [-0.25, -0.2) is 4.39 Å². The lowest BCUT2D eigenvalue weighted by Crippen LogP contribution is -2.35. The lowest BCUT2D eigenvalue weighted by molar-refractivity contribution is -0.117. The molecule has 0 spiro atoms. The molecule has 1 aliphatic rings. The third kappa shape index (κ3) is 2.99. The molecule has 0 aliphatic carbocycles. The lowest BCUT2D eigenvalue weighted by atomic mass is 10.1. The predicted octanol–water partition coefficient (Wildman–Crippen LogP) is 3.22. The molecule has 3 rings (SSSR count). The summed E-state index contributed by atoms with van der Waals surface area (Å²) < 4.78 is 13.9. The Kier molecular flexibility index (Phi) is 4.03. The van der Waals surface area contributed by atoms with E-state index in [1.54, 1.807) is 11.0 Å². The van der Waals surface area contributed by atoms with Gasteiger partial charge in [-0.1, -0.05) is 40.2 Å². The van der Waals surface area contributed by atoms with E-state index in [0.717, 1.165) is 16.8 Å². The van der Waals surface area contributed by atoms with Crippen LogP contribution in [-0.2, 0) is 17.9 Å². The summed E-state index contributed by atoms with van der Waals surface area (Å²) in [5, 5.41) is 3.13. The molecular weight excluding hydrogens is 335 g/mol. The zero-order chi connectivity index (χ0) is 14.8. The van der Waals surface area contributed by atoms with E-state index in [9.17, 15) is 9.18 Å². The van der Waals surface area contributed by atoms with Gasteiger partial charge in [0.2, 0.25) is 5.91 Å². The van der Waals surface area contributed by atoms with Crippen LogP contribution in [0.25, 0.3) is 0 Å². The van der Waals surface area contributed by atoms with Crippen molar-refractivity contribution in [1.82, 2.24) is 5.32 Å². The maximum absolute atomic E-state index is 13.2. The van der Waals surface area contributed by atoms with Gasteiger partial charge >= 0.3 is 0 Å². The number of nitrogens with one attached hydrogen (secondary N) is 1. The van der Waals surface area contributed by atoms with Crippen LogP contribution in [0, 0.1) is 5.82 Å². The van der Waals surface area contributed by atoms with Crippen LogP contribution in [0.1, 0.15) is 11.1 Å². The fourth-order valence-corrected chi connectivity index (χ4v) is 2.93. The van der Waals surface area contributed by atoms with Crippen molar-refractivity contribution in [2.45, 2.75) is 13.1 Å². The van der Waals surface area contributed by atoms with Gasteiger partial charge < -0.3 is 10.2 Å². The summed E-state index contributed by atoms with van der Waals surface area (Å²) in [5.41, 5.74) is 2.87. The molecule has 1 N–H and O–H groups in total. The molecule has 5 heteroatoms. The maximum Gasteiger partial charge on any atom is 0.241 e. The number of fused-ring (bicyclic) bond motifs is 1. The monoisotopic (exact) mass is 348 g/mol. The van der Waals surface area contributed by atoms with Gasteiger partial charge in [-0.2, -0.15) is 0 Å². The topological polar surface area (TPSA) is 32.3 Å². The van der Waals surface area contributed by atoms with Crippen LogP contribution in [0.4, 0.5) is 10.1 Å². The molecule has 1 amide bonds. The lowest BCUT2D eigenvalue weighted by Gasteiger charge is -2.23. The number of hydrogen-bond donors (Lipinski definition) is 1. The van der Waals surface area contributed by atoms with Gasteiger partial charge in [0.15, 0.2) is 0 Å². The minimum absolute atomic E-state index is 0.0103. The van der Waals surface area contributed by atoms with Gasteiger partial charge in [-0.15, -0.1) is 0 Å². The first kappa shape index (κ1) is 14.2. The Hall–Kier alpha value is -1.72. The molecule has 1 heterocycles. The Balaban J connectivity index is 1.98. The van der Waals surface area contributed by atoms with E-state index in [-0.39, 0.29) is 11.7 Å². The fourth-order valence-electron chi connectivity index (χ4n) is 2.45. The summed E-state index contributed by atoms with van der Waals surface area (Å²) in [6, 6.07) is 12.4. The molecule has 0 bridgehead atoms. The molecule has 0 saturated heterocycles. The third-order valence-electron chi connectivity index (χ3n) is 3.52. The summed E-state index contributed by atoms with van der Waals surface area (Å²) in [6.07, 6.45) is 0. The molecule has 0 aromatic heterocycles. The Bertz CT molecular complexity index is 690. The average Bonchev–Trinajstić information content (AvgIpc) is 2.62. The number of carbonyl (C=O) groups excluding carboxylic acids is 1. The van der Waals surface area contributed by atoms with Crippen LogP contribution in [0.3, 0.4) is 0 Å². The van der Waals surface area contributed by atoms with Crippen molar-refractivity contribution in [3.8, 4) is 0 Å². The standard InChI is InChI=1S/C16H14BrFN2O/c17-14-7-13(18)6-5-12(14)10-20-15-4-2-1-3-11(15)8-19-9-16(20)21/h1-7,19H,8-10H2. The summed E-state index contributed by atoms with van der Waals surface area (Å²) in [4.78, 5) is 14.1. The van der Waals surface area contributed by atoms with Gasteiger partial charge in [0, 0.05) is 16.7 Å². The molecule has 21 heavy (non-hydrogen) atoms. The van der Waals surface area contributed by atoms with Crippen LogP contribution < -0.4 is 10.2 Å². The smallest absolute Gasteiger partial charge is 0.241 e. The summed E-state index contributed by atoms with van der Waals surface area (Å²) in [6.45, 7) is 1.38. The normalized spacial score (nSPS) is 14.8. The quantitative estimate of drug-likeness (QED) is 0.903. The molecule has 0 saturated carbocycles. The molecule has 3 nitrogen and oxygen atoms in total. The Morgan fingerprint density at radius 2 is 2.00 bits per heavy atom. The molecule has 2 aromatic carbocycles. The number of halogens is 2. The molecule has 0 fully saturated rings. The maximum atomic E-state index is 13.2. The van der Waals surface area contributed by atoms with E-state index in [2.05, 4.69) is 21.2 Å². The highest BCUT2D eigenvalue weighted by molar-refractivity contribution is 9.10. The Morgan fingerprint density at radius 1 is 1.19 bits per heavy atom. The molecule has 0 atom stereocenters. The second kappa shape index (κ2) is 5.95. The van der Waals surface area contributed by atoms with E-state index in [1.165, 1.54) is 12.1 Å². The summed E-state index contributed by atoms with van der Waals surface area (Å²) in [5.74, 6) is -0.286. The summed E-state index contributed by atoms with van der Waals surface area (Å²) in [7, 11) is 0. The number of para-hydroxylation sites is 1. The number of rotatable bonds is 2. The van der Waals surface area contributed by atoms with Crippen LogP contribution in [-0.4, -0.2) is 12.5 Å². The highest BCUT2D eigenvalue weighted by atomic mass is 79.9. The molecule has 1 aliphatic heterocycles. The van der Waals surface area contributed by atoms with Gasteiger partial charge in [0.25, 0.3) is 0 Å². The number of amides is 1. The highest BCUT2D eigenvalue weighted by Crippen LogP contribution is 2.27. The Morgan fingerprint density at radius 3 is 2.81 bits per heavy atom. The van der Waals surface area contributed by atoms with E-state index in [1.807, 2.05) is 24.3 Å². The van der Waals surface area contributed by atoms with Crippen LogP contribution in [0.15, 0.2) is 46.9 Å².